The Balaban J connectivity index is 0.000000845. The molecule has 2 aliphatic heterocycles. The highest BCUT2D eigenvalue weighted by molar-refractivity contribution is 4.72. The van der Waals surface area contributed by atoms with Gasteiger partial charge in [-0.1, -0.05) is 13.8 Å². The maximum absolute atomic E-state index is 2.43. The summed E-state index contributed by atoms with van der Waals surface area (Å²) < 4.78 is 0. The number of halogens is 1. The van der Waals surface area contributed by atoms with Gasteiger partial charge >= 0.3 is 0 Å². The molecule has 1 N–H and O–H groups in total. The quantitative estimate of drug-likeness (QED) is 0.470. The van der Waals surface area contributed by atoms with Crippen LogP contribution in [0.3, 0.4) is 0 Å². The van der Waals surface area contributed by atoms with Crippen molar-refractivity contribution in [2.24, 2.45) is 11.8 Å². The SMILES string of the molecule is C[C@H]1CC[NH+]2C[C@@H](C)CC[C@H]2C1.[Cl-]. The van der Waals surface area contributed by atoms with Crippen LogP contribution in [0.2, 0.25) is 0 Å². The highest BCUT2D eigenvalue weighted by Crippen LogP contribution is 2.20. The van der Waals surface area contributed by atoms with Crippen LogP contribution in [0.15, 0.2) is 0 Å². The highest BCUT2D eigenvalue weighted by Gasteiger charge is 2.33. The second-order valence-corrected chi connectivity index (χ2v) is 5.12. The Labute approximate surface area is 88.3 Å². The molecule has 0 amide bonds. The van der Waals surface area contributed by atoms with Crippen molar-refractivity contribution in [3.63, 3.8) is 0 Å². The molecular formula is C11H22ClN. The predicted molar refractivity (Wildman–Crippen MR) is 51.3 cm³/mol. The van der Waals surface area contributed by atoms with Crippen molar-refractivity contribution in [1.29, 1.82) is 0 Å². The topological polar surface area (TPSA) is 4.44 Å². The lowest BCUT2D eigenvalue weighted by atomic mass is 9.84. The smallest absolute Gasteiger partial charge is 0.0877 e. The van der Waals surface area contributed by atoms with Gasteiger partial charge in [0, 0.05) is 12.3 Å². The van der Waals surface area contributed by atoms with Gasteiger partial charge in [-0.25, -0.2) is 0 Å². The summed E-state index contributed by atoms with van der Waals surface area (Å²) in [6, 6.07) is 1.03. The molecule has 2 fully saturated rings. The van der Waals surface area contributed by atoms with Crippen LogP contribution in [0.4, 0.5) is 0 Å². The molecule has 0 aromatic carbocycles. The molecule has 2 rings (SSSR count). The molecule has 78 valence electrons. The molecule has 4 atom stereocenters. The van der Waals surface area contributed by atoms with Gasteiger partial charge < -0.3 is 17.3 Å². The van der Waals surface area contributed by atoms with Crippen molar-refractivity contribution in [3.8, 4) is 0 Å². The molecule has 13 heavy (non-hydrogen) atoms. The Bertz CT molecular complexity index is 142. The molecule has 0 aromatic heterocycles. The molecule has 2 saturated heterocycles. The van der Waals surface area contributed by atoms with E-state index in [1.165, 1.54) is 38.8 Å². The van der Waals surface area contributed by atoms with Gasteiger partial charge in [0.1, 0.15) is 0 Å². The van der Waals surface area contributed by atoms with Crippen LogP contribution in [0.5, 0.6) is 0 Å². The second kappa shape index (κ2) is 4.65. The first-order valence-electron chi connectivity index (χ1n) is 5.60. The summed E-state index contributed by atoms with van der Waals surface area (Å²) in [6.45, 7) is 7.75. The zero-order valence-corrected chi connectivity index (χ0v) is 9.61. The Morgan fingerprint density at radius 3 is 2.54 bits per heavy atom. The molecule has 0 aliphatic carbocycles. The first-order valence-corrected chi connectivity index (χ1v) is 5.60. The van der Waals surface area contributed by atoms with E-state index in [1.807, 2.05) is 4.90 Å². The van der Waals surface area contributed by atoms with Crippen molar-refractivity contribution >= 4 is 0 Å². The van der Waals surface area contributed by atoms with E-state index in [0.717, 1.165) is 17.9 Å². The molecule has 2 heteroatoms. The summed E-state index contributed by atoms with van der Waals surface area (Å²) in [5, 5.41) is 0. The maximum atomic E-state index is 2.43. The summed E-state index contributed by atoms with van der Waals surface area (Å²) in [5.74, 6) is 2.00. The minimum Gasteiger partial charge on any atom is -1.00 e. The van der Waals surface area contributed by atoms with E-state index in [9.17, 15) is 0 Å². The number of fused-ring (bicyclic) bond motifs is 1. The molecule has 1 nitrogen and oxygen atoms in total. The molecule has 2 aliphatic rings. The van der Waals surface area contributed by atoms with Crippen LogP contribution >= 0.6 is 0 Å². The number of nitrogens with one attached hydrogen (secondary N) is 1. The highest BCUT2D eigenvalue weighted by atomic mass is 35.5. The fourth-order valence-electron chi connectivity index (χ4n) is 3.03. The van der Waals surface area contributed by atoms with Gasteiger partial charge in [0.15, 0.2) is 0 Å². The van der Waals surface area contributed by atoms with E-state index in [1.54, 1.807) is 0 Å². The van der Waals surface area contributed by atoms with Gasteiger partial charge in [-0.3, -0.25) is 0 Å². The number of quaternary nitrogens is 1. The number of hydrogen-bond donors (Lipinski definition) is 1. The minimum absolute atomic E-state index is 0. The summed E-state index contributed by atoms with van der Waals surface area (Å²) in [5.41, 5.74) is 0. The Hall–Kier alpha value is 0.250. The van der Waals surface area contributed by atoms with Crippen molar-refractivity contribution in [3.05, 3.63) is 0 Å². The van der Waals surface area contributed by atoms with Crippen molar-refractivity contribution in [2.45, 2.75) is 45.6 Å². The summed E-state index contributed by atoms with van der Waals surface area (Å²) in [6.07, 6.45) is 5.96. The van der Waals surface area contributed by atoms with E-state index in [2.05, 4.69) is 13.8 Å². The average Bonchev–Trinajstić information content (AvgIpc) is 2.05. The monoisotopic (exact) mass is 203 g/mol. The third-order valence-electron chi connectivity index (χ3n) is 3.84. The maximum Gasteiger partial charge on any atom is 0.0877 e. The predicted octanol–water partition coefficient (Wildman–Crippen LogP) is -1.90. The largest absolute Gasteiger partial charge is 1.00 e. The van der Waals surface area contributed by atoms with E-state index in [0.29, 0.717) is 0 Å². The van der Waals surface area contributed by atoms with Crippen LogP contribution in [-0.4, -0.2) is 19.1 Å². The van der Waals surface area contributed by atoms with Crippen LogP contribution in [0.1, 0.15) is 39.5 Å². The third kappa shape index (κ3) is 2.60. The normalized spacial score (nSPS) is 44.8. The summed E-state index contributed by atoms with van der Waals surface area (Å²) >= 11 is 0. The molecule has 0 radical (unpaired) electrons. The van der Waals surface area contributed by atoms with Gasteiger partial charge in [0.25, 0.3) is 0 Å². The Kier molecular flexibility index (Phi) is 4.06. The van der Waals surface area contributed by atoms with E-state index >= 15 is 0 Å². The fourth-order valence-corrected chi connectivity index (χ4v) is 3.03. The zero-order valence-electron chi connectivity index (χ0n) is 8.85. The number of piperidine rings is 2. The first kappa shape index (κ1) is 11.3. The van der Waals surface area contributed by atoms with Gasteiger partial charge in [0.2, 0.25) is 0 Å². The van der Waals surface area contributed by atoms with Gasteiger partial charge in [-0.2, -0.15) is 0 Å². The number of rotatable bonds is 0. The van der Waals surface area contributed by atoms with Crippen molar-refractivity contribution in [1.82, 2.24) is 0 Å². The summed E-state index contributed by atoms with van der Waals surface area (Å²) in [7, 11) is 0. The average molecular weight is 204 g/mol. The molecular weight excluding hydrogens is 182 g/mol. The van der Waals surface area contributed by atoms with Gasteiger partial charge in [-0.05, 0) is 25.2 Å². The van der Waals surface area contributed by atoms with Crippen molar-refractivity contribution in [2.75, 3.05) is 13.1 Å². The minimum atomic E-state index is 0. The lowest BCUT2D eigenvalue weighted by molar-refractivity contribution is -0.940. The van der Waals surface area contributed by atoms with E-state index < -0.39 is 0 Å². The molecule has 2 heterocycles. The van der Waals surface area contributed by atoms with Gasteiger partial charge in [0.05, 0.1) is 19.1 Å². The van der Waals surface area contributed by atoms with Crippen LogP contribution < -0.4 is 17.3 Å². The lowest BCUT2D eigenvalue weighted by Crippen LogP contribution is -3.18. The standard InChI is InChI=1S/C11H21N.ClH/c1-9-5-6-12-8-10(2)3-4-11(12)7-9;/h9-11H,3-8H2,1-2H3;1H/t9-,10-,11-;/m0./s1. The van der Waals surface area contributed by atoms with Crippen LogP contribution in [0, 0.1) is 11.8 Å². The van der Waals surface area contributed by atoms with Gasteiger partial charge in [-0.15, -0.1) is 0 Å². The van der Waals surface area contributed by atoms with E-state index in [4.69, 9.17) is 0 Å². The molecule has 1 unspecified atom stereocenters. The molecule has 0 aromatic rings. The van der Waals surface area contributed by atoms with E-state index in [-0.39, 0.29) is 12.4 Å². The fraction of sp³-hybridized carbons (Fsp3) is 1.00. The lowest BCUT2D eigenvalue weighted by Gasteiger charge is -2.40. The Morgan fingerprint density at radius 1 is 1.00 bits per heavy atom. The number of hydrogen-bond acceptors (Lipinski definition) is 0. The zero-order chi connectivity index (χ0) is 8.55. The second-order valence-electron chi connectivity index (χ2n) is 5.12. The van der Waals surface area contributed by atoms with Crippen LogP contribution in [-0.2, 0) is 0 Å². The van der Waals surface area contributed by atoms with Crippen LogP contribution in [0.25, 0.3) is 0 Å². The molecule has 0 saturated carbocycles. The molecule has 0 spiro atoms. The third-order valence-corrected chi connectivity index (χ3v) is 3.84. The van der Waals surface area contributed by atoms with Crippen molar-refractivity contribution < 1.29 is 17.3 Å². The first-order chi connectivity index (χ1) is 5.75. The Morgan fingerprint density at radius 2 is 1.77 bits per heavy atom. The molecule has 0 bridgehead atoms. The summed E-state index contributed by atoms with van der Waals surface area (Å²) in [4.78, 5) is 1.92.